The molecular weight excluding hydrogens is 226 g/mol. The summed E-state index contributed by atoms with van der Waals surface area (Å²) in [5, 5.41) is 2.92. The Hall–Kier alpha value is -0.610. The zero-order valence-corrected chi connectivity index (χ0v) is 12.1. The van der Waals surface area contributed by atoms with Gasteiger partial charge in [-0.05, 0) is 25.9 Å². The first-order valence-electron chi connectivity index (χ1n) is 7.47. The third-order valence-electron chi connectivity index (χ3n) is 3.71. The van der Waals surface area contributed by atoms with Crippen LogP contribution in [0.2, 0.25) is 0 Å². The molecule has 18 heavy (non-hydrogen) atoms. The summed E-state index contributed by atoms with van der Waals surface area (Å²) in [5.41, 5.74) is 0. The topological polar surface area (TPSA) is 35.6 Å². The zero-order chi connectivity index (χ0) is 13.2. The minimum absolute atomic E-state index is 0.172. The van der Waals surface area contributed by atoms with Crippen LogP contribution in [0.25, 0.3) is 0 Å². The minimum atomic E-state index is 0.172. The molecule has 0 radical (unpaired) electrons. The quantitative estimate of drug-likeness (QED) is 0.665. The van der Waals surface area contributed by atoms with Gasteiger partial charge in [0.2, 0.25) is 5.91 Å². The molecule has 0 atom stereocenters. The first-order valence-corrected chi connectivity index (χ1v) is 7.47. The lowest BCUT2D eigenvalue weighted by molar-refractivity contribution is -0.120. The Labute approximate surface area is 112 Å². The number of carbonyl (C=O) groups is 1. The van der Waals surface area contributed by atoms with Gasteiger partial charge in [0.05, 0.1) is 0 Å². The van der Waals surface area contributed by atoms with E-state index in [0.717, 1.165) is 13.0 Å². The van der Waals surface area contributed by atoms with E-state index in [1.165, 1.54) is 52.1 Å². The van der Waals surface area contributed by atoms with Crippen LogP contribution in [0.4, 0.5) is 0 Å². The maximum Gasteiger partial charge on any atom is 0.219 e. The van der Waals surface area contributed by atoms with Crippen molar-refractivity contribution in [3.8, 4) is 0 Å². The average Bonchev–Trinajstić information content (AvgIpc) is 2.43. The van der Waals surface area contributed by atoms with Crippen molar-refractivity contribution in [1.29, 1.82) is 0 Å². The Morgan fingerprint density at radius 1 is 1.00 bits per heavy atom. The van der Waals surface area contributed by atoms with Crippen molar-refractivity contribution in [3.63, 3.8) is 0 Å². The molecule has 0 bridgehead atoms. The van der Waals surface area contributed by atoms with Crippen LogP contribution in [-0.4, -0.2) is 61.5 Å². The molecule has 1 fully saturated rings. The molecule has 1 amide bonds. The SMILES string of the molecule is CCC(=O)NCCCCCN1CCN(CC)CC1. The third kappa shape index (κ3) is 6.36. The van der Waals surface area contributed by atoms with Crippen LogP contribution in [0, 0.1) is 0 Å². The molecule has 1 aliphatic rings. The van der Waals surface area contributed by atoms with Crippen molar-refractivity contribution in [2.75, 3.05) is 45.8 Å². The number of carbonyl (C=O) groups excluding carboxylic acids is 1. The molecule has 0 aromatic heterocycles. The largest absolute Gasteiger partial charge is 0.356 e. The standard InChI is InChI=1S/C14H29N3O/c1-3-14(18)15-8-6-5-7-9-17-12-10-16(4-2)11-13-17/h3-13H2,1-2H3,(H,15,18). The van der Waals surface area contributed by atoms with E-state index in [1.54, 1.807) is 0 Å². The molecule has 4 heteroatoms. The molecule has 1 aliphatic heterocycles. The molecule has 4 nitrogen and oxygen atoms in total. The Morgan fingerprint density at radius 3 is 2.28 bits per heavy atom. The number of piperazine rings is 1. The van der Waals surface area contributed by atoms with Crippen LogP contribution in [0.15, 0.2) is 0 Å². The van der Waals surface area contributed by atoms with Gasteiger partial charge < -0.3 is 15.1 Å². The molecule has 1 rings (SSSR count). The third-order valence-corrected chi connectivity index (χ3v) is 3.71. The van der Waals surface area contributed by atoms with E-state index in [9.17, 15) is 4.79 Å². The van der Waals surface area contributed by atoms with E-state index in [-0.39, 0.29) is 5.91 Å². The number of likely N-dealkylation sites (N-methyl/N-ethyl adjacent to an activating group) is 1. The smallest absolute Gasteiger partial charge is 0.219 e. The molecule has 106 valence electrons. The van der Waals surface area contributed by atoms with Gasteiger partial charge in [0.25, 0.3) is 0 Å². The highest BCUT2D eigenvalue weighted by atomic mass is 16.1. The Bertz CT molecular complexity index is 225. The van der Waals surface area contributed by atoms with Crippen molar-refractivity contribution < 1.29 is 4.79 Å². The summed E-state index contributed by atoms with van der Waals surface area (Å²) < 4.78 is 0. The maximum absolute atomic E-state index is 11.0. The van der Waals surface area contributed by atoms with E-state index in [4.69, 9.17) is 0 Å². The minimum Gasteiger partial charge on any atom is -0.356 e. The molecule has 0 unspecified atom stereocenters. The molecule has 1 heterocycles. The number of unbranched alkanes of at least 4 members (excludes halogenated alkanes) is 2. The van der Waals surface area contributed by atoms with Gasteiger partial charge in [0.15, 0.2) is 0 Å². The van der Waals surface area contributed by atoms with E-state index >= 15 is 0 Å². The first-order chi connectivity index (χ1) is 8.76. The van der Waals surface area contributed by atoms with Gasteiger partial charge in [-0.25, -0.2) is 0 Å². The predicted octanol–water partition coefficient (Wildman–Crippen LogP) is 1.32. The van der Waals surface area contributed by atoms with Gasteiger partial charge >= 0.3 is 0 Å². The molecule has 1 N–H and O–H groups in total. The van der Waals surface area contributed by atoms with Crippen molar-refractivity contribution in [1.82, 2.24) is 15.1 Å². The Kier molecular flexibility index (Phi) is 8.01. The van der Waals surface area contributed by atoms with Crippen LogP contribution >= 0.6 is 0 Å². The van der Waals surface area contributed by atoms with E-state index in [2.05, 4.69) is 22.0 Å². The van der Waals surface area contributed by atoms with Gasteiger partial charge in [-0.2, -0.15) is 0 Å². The first kappa shape index (κ1) is 15.4. The van der Waals surface area contributed by atoms with Gasteiger partial charge in [-0.3, -0.25) is 4.79 Å². The molecule has 0 spiro atoms. The number of hydrogen-bond donors (Lipinski definition) is 1. The van der Waals surface area contributed by atoms with Crippen LogP contribution in [-0.2, 0) is 4.79 Å². The summed E-state index contributed by atoms with van der Waals surface area (Å²) in [5.74, 6) is 0.172. The molecular formula is C14H29N3O. The second kappa shape index (κ2) is 9.34. The van der Waals surface area contributed by atoms with Crippen LogP contribution in [0.1, 0.15) is 39.5 Å². The predicted molar refractivity (Wildman–Crippen MR) is 75.7 cm³/mol. The highest BCUT2D eigenvalue weighted by molar-refractivity contribution is 5.75. The van der Waals surface area contributed by atoms with Crippen LogP contribution < -0.4 is 5.32 Å². The fourth-order valence-electron chi connectivity index (χ4n) is 2.32. The van der Waals surface area contributed by atoms with Crippen LogP contribution in [0.5, 0.6) is 0 Å². The summed E-state index contributed by atoms with van der Waals surface area (Å²) in [6.45, 7) is 12.3. The summed E-state index contributed by atoms with van der Waals surface area (Å²) in [6.07, 6.45) is 4.19. The monoisotopic (exact) mass is 255 g/mol. The maximum atomic E-state index is 11.0. The fraction of sp³-hybridized carbons (Fsp3) is 0.929. The Morgan fingerprint density at radius 2 is 1.67 bits per heavy atom. The average molecular weight is 255 g/mol. The molecule has 1 saturated heterocycles. The zero-order valence-electron chi connectivity index (χ0n) is 12.1. The lowest BCUT2D eigenvalue weighted by Gasteiger charge is -2.33. The highest BCUT2D eigenvalue weighted by Gasteiger charge is 2.14. The summed E-state index contributed by atoms with van der Waals surface area (Å²) >= 11 is 0. The lowest BCUT2D eigenvalue weighted by Crippen LogP contribution is -2.46. The fourth-order valence-corrected chi connectivity index (χ4v) is 2.32. The normalized spacial score (nSPS) is 17.9. The molecule has 0 aromatic carbocycles. The number of amides is 1. The second-order valence-corrected chi connectivity index (χ2v) is 5.04. The lowest BCUT2D eigenvalue weighted by atomic mass is 10.2. The molecule has 0 aromatic rings. The van der Waals surface area contributed by atoms with Crippen LogP contribution in [0.3, 0.4) is 0 Å². The van der Waals surface area contributed by atoms with E-state index < -0.39 is 0 Å². The van der Waals surface area contributed by atoms with E-state index in [0.29, 0.717) is 6.42 Å². The van der Waals surface area contributed by atoms with Gasteiger partial charge in [-0.15, -0.1) is 0 Å². The van der Waals surface area contributed by atoms with Crippen molar-refractivity contribution in [3.05, 3.63) is 0 Å². The number of hydrogen-bond acceptors (Lipinski definition) is 3. The number of nitrogens with one attached hydrogen (secondary N) is 1. The summed E-state index contributed by atoms with van der Waals surface area (Å²) in [6, 6.07) is 0. The van der Waals surface area contributed by atoms with Crippen molar-refractivity contribution in [2.45, 2.75) is 39.5 Å². The van der Waals surface area contributed by atoms with E-state index in [1.807, 2.05) is 6.92 Å². The molecule has 0 saturated carbocycles. The second-order valence-electron chi connectivity index (χ2n) is 5.04. The molecule has 0 aliphatic carbocycles. The number of nitrogens with zero attached hydrogens (tertiary/aromatic N) is 2. The number of rotatable bonds is 8. The van der Waals surface area contributed by atoms with Gasteiger partial charge in [0.1, 0.15) is 0 Å². The Balaban J connectivity index is 1.91. The van der Waals surface area contributed by atoms with Gasteiger partial charge in [0, 0.05) is 39.1 Å². The summed E-state index contributed by atoms with van der Waals surface area (Å²) in [4.78, 5) is 16.1. The highest BCUT2D eigenvalue weighted by Crippen LogP contribution is 2.04. The van der Waals surface area contributed by atoms with Crippen molar-refractivity contribution in [2.24, 2.45) is 0 Å². The summed E-state index contributed by atoms with van der Waals surface area (Å²) in [7, 11) is 0. The van der Waals surface area contributed by atoms with Crippen molar-refractivity contribution >= 4 is 5.91 Å². The van der Waals surface area contributed by atoms with Gasteiger partial charge in [-0.1, -0.05) is 20.3 Å².